The van der Waals surface area contributed by atoms with Crippen molar-refractivity contribution in [2.24, 2.45) is 0 Å². The number of carboxylic acid groups (broad SMARTS) is 1. The van der Waals surface area contributed by atoms with E-state index >= 15 is 0 Å². The van der Waals surface area contributed by atoms with Gasteiger partial charge in [0, 0.05) is 13.0 Å². The minimum atomic E-state index is -0.975. The van der Waals surface area contributed by atoms with E-state index in [1.165, 1.54) is 6.33 Å². The van der Waals surface area contributed by atoms with Crippen molar-refractivity contribution >= 4 is 22.5 Å². The van der Waals surface area contributed by atoms with Crippen LogP contribution in [0.25, 0.3) is 0 Å². The normalized spacial score (nSPS) is 10.4. The number of nitrogens with zero attached hydrogens (tertiary/aromatic N) is 3. The van der Waals surface area contributed by atoms with Gasteiger partial charge in [-0.05, 0) is 18.5 Å². The number of aromatic nitrogens is 3. The maximum atomic E-state index is 11.0. The van der Waals surface area contributed by atoms with Crippen molar-refractivity contribution in [3.8, 4) is 0 Å². The van der Waals surface area contributed by atoms with Crippen LogP contribution < -0.4 is 5.32 Å². The molecule has 0 radical (unpaired) electrons. The molecule has 8 heteroatoms. The van der Waals surface area contributed by atoms with Crippen LogP contribution in [0.4, 0.5) is 5.00 Å². The summed E-state index contributed by atoms with van der Waals surface area (Å²) in [5.41, 5.74) is 0.739. The molecule has 0 atom stereocenters. The van der Waals surface area contributed by atoms with E-state index in [0.29, 0.717) is 29.6 Å². The Kier molecular flexibility index (Phi) is 3.33. The number of anilines is 1. The Morgan fingerprint density at radius 1 is 1.65 bits per heavy atom. The molecular weight excluding hydrogens is 244 g/mol. The second kappa shape index (κ2) is 4.91. The molecule has 0 aromatic carbocycles. The third-order valence-corrected chi connectivity index (χ3v) is 3.00. The average Bonchev–Trinajstić information content (AvgIpc) is 2.88. The number of carboxylic acids is 1. The molecule has 0 bridgehead atoms. The molecule has 2 aromatic heterocycles. The third kappa shape index (κ3) is 2.59. The fraction of sp³-hybridized carbons (Fsp3) is 0.333. The van der Waals surface area contributed by atoms with Gasteiger partial charge < -0.3 is 14.9 Å². The summed E-state index contributed by atoms with van der Waals surface area (Å²) in [5, 5.41) is 16.0. The Bertz CT molecular complexity index is 508. The van der Waals surface area contributed by atoms with Crippen LogP contribution in [0.3, 0.4) is 0 Å². The zero-order valence-electron chi connectivity index (χ0n) is 9.01. The molecule has 2 heterocycles. The fourth-order valence-corrected chi connectivity index (χ4v) is 2.14. The van der Waals surface area contributed by atoms with Crippen molar-refractivity contribution in [2.45, 2.75) is 13.3 Å². The highest BCUT2D eigenvalue weighted by Crippen LogP contribution is 2.24. The van der Waals surface area contributed by atoms with E-state index in [1.54, 1.807) is 6.92 Å². The summed E-state index contributed by atoms with van der Waals surface area (Å²) in [6, 6.07) is 0. The summed E-state index contributed by atoms with van der Waals surface area (Å²) < 4.78 is 8.83. The van der Waals surface area contributed by atoms with Crippen molar-refractivity contribution in [3.63, 3.8) is 0 Å². The van der Waals surface area contributed by atoms with E-state index in [0.717, 1.165) is 11.5 Å². The summed E-state index contributed by atoms with van der Waals surface area (Å²) in [6.07, 6.45) is 1.87. The third-order valence-electron chi connectivity index (χ3n) is 2.11. The number of nitrogens with one attached hydrogen (secondary N) is 1. The second-order valence-electron chi connectivity index (χ2n) is 3.29. The zero-order valence-corrected chi connectivity index (χ0v) is 9.82. The standard InChI is InChI=1S/C9H10N4O3S/c1-5-7(9(14)15)8(17-13-5)10-3-2-6-11-4-12-16-6/h4,10H,2-3H2,1H3,(H,14,15). The highest BCUT2D eigenvalue weighted by Gasteiger charge is 2.17. The molecule has 90 valence electrons. The van der Waals surface area contributed by atoms with Crippen LogP contribution in [-0.4, -0.2) is 32.1 Å². The van der Waals surface area contributed by atoms with Crippen LogP contribution >= 0.6 is 11.5 Å². The first-order valence-corrected chi connectivity index (χ1v) is 5.65. The lowest BCUT2D eigenvalue weighted by Gasteiger charge is -2.02. The van der Waals surface area contributed by atoms with Crippen LogP contribution in [0.15, 0.2) is 10.9 Å². The van der Waals surface area contributed by atoms with Crippen molar-refractivity contribution in [1.82, 2.24) is 14.5 Å². The number of aromatic carboxylic acids is 1. The molecule has 2 N–H and O–H groups in total. The van der Waals surface area contributed by atoms with E-state index in [1.807, 2.05) is 0 Å². The lowest BCUT2D eigenvalue weighted by Crippen LogP contribution is -2.08. The molecule has 0 spiro atoms. The van der Waals surface area contributed by atoms with E-state index in [-0.39, 0.29) is 5.56 Å². The first-order valence-electron chi connectivity index (χ1n) is 4.87. The molecule has 0 fully saturated rings. The minimum absolute atomic E-state index is 0.223. The van der Waals surface area contributed by atoms with Crippen LogP contribution in [0.2, 0.25) is 0 Å². The molecule has 2 rings (SSSR count). The average molecular weight is 254 g/mol. The first-order chi connectivity index (χ1) is 8.18. The summed E-state index contributed by atoms with van der Waals surface area (Å²) in [6.45, 7) is 2.19. The lowest BCUT2D eigenvalue weighted by atomic mass is 10.2. The lowest BCUT2D eigenvalue weighted by molar-refractivity contribution is 0.0697. The maximum absolute atomic E-state index is 11.0. The molecule has 0 aliphatic carbocycles. The molecule has 0 amide bonds. The first kappa shape index (κ1) is 11.5. The van der Waals surface area contributed by atoms with Gasteiger partial charge in [-0.1, -0.05) is 5.16 Å². The highest BCUT2D eigenvalue weighted by atomic mass is 32.1. The van der Waals surface area contributed by atoms with Crippen LogP contribution in [-0.2, 0) is 6.42 Å². The Labute approximate surface area is 101 Å². The fourth-order valence-electron chi connectivity index (χ4n) is 1.33. The van der Waals surface area contributed by atoms with Crippen LogP contribution in [0.1, 0.15) is 21.9 Å². The quantitative estimate of drug-likeness (QED) is 0.826. The predicted molar refractivity (Wildman–Crippen MR) is 60.3 cm³/mol. The van der Waals surface area contributed by atoms with E-state index in [4.69, 9.17) is 9.63 Å². The largest absolute Gasteiger partial charge is 0.478 e. The van der Waals surface area contributed by atoms with Gasteiger partial charge in [-0.25, -0.2) is 4.79 Å². The van der Waals surface area contributed by atoms with Gasteiger partial charge in [0.15, 0.2) is 6.33 Å². The molecule has 0 aliphatic rings. The summed E-state index contributed by atoms with van der Waals surface area (Å²) in [4.78, 5) is 14.8. The topological polar surface area (TPSA) is 101 Å². The monoisotopic (exact) mass is 254 g/mol. The zero-order chi connectivity index (χ0) is 12.3. The number of rotatable bonds is 5. The van der Waals surface area contributed by atoms with Gasteiger partial charge in [-0.15, -0.1) is 0 Å². The Balaban J connectivity index is 1.97. The Morgan fingerprint density at radius 3 is 3.12 bits per heavy atom. The van der Waals surface area contributed by atoms with Gasteiger partial charge in [0.25, 0.3) is 0 Å². The summed E-state index contributed by atoms with van der Waals surface area (Å²) in [7, 11) is 0. The molecule has 2 aromatic rings. The van der Waals surface area contributed by atoms with Gasteiger partial charge in [0.05, 0.1) is 5.69 Å². The van der Waals surface area contributed by atoms with Gasteiger partial charge in [0.1, 0.15) is 10.6 Å². The molecule has 0 unspecified atom stereocenters. The summed E-state index contributed by atoms with van der Waals surface area (Å²) in [5.74, 6) is -0.466. The van der Waals surface area contributed by atoms with E-state index in [2.05, 4.69) is 19.8 Å². The number of hydrogen-bond acceptors (Lipinski definition) is 7. The number of aryl methyl sites for hydroxylation is 1. The van der Waals surface area contributed by atoms with Crippen molar-refractivity contribution < 1.29 is 14.4 Å². The van der Waals surface area contributed by atoms with Gasteiger partial charge in [-0.3, -0.25) is 0 Å². The van der Waals surface area contributed by atoms with Gasteiger partial charge in [0.2, 0.25) is 5.89 Å². The SMILES string of the molecule is Cc1nsc(NCCc2ncno2)c1C(=O)O. The molecule has 0 saturated heterocycles. The van der Waals surface area contributed by atoms with E-state index in [9.17, 15) is 4.79 Å². The van der Waals surface area contributed by atoms with Crippen molar-refractivity contribution in [3.05, 3.63) is 23.5 Å². The minimum Gasteiger partial charge on any atom is -0.478 e. The maximum Gasteiger partial charge on any atom is 0.340 e. The molecular formula is C9H10N4O3S. The van der Waals surface area contributed by atoms with Gasteiger partial charge >= 0.3 is 5.97 Å². The van der Waals surface area contributed by atoms with Crippen molar-refractivity contribution in [1.29, 1.82) is 0 Å². The molecule has 0 aliphatic heterocycles. The number of carbonyl (C=O) groups is 1. The van der Waals surface area contributed by atoms with Gasteiger partial charge in [-0.2, -0.15) is 9.36 Å². The molecule has 17 heavy (non-hydrogen) atoms. The Hall–Kier alpha value is -1.96. The van der Waals surface area contributed by atoms with Crippen molar-refractivity contribution in [2.75, 3.05) is 11.9 Å². The predicted octanol–water partition coefficient (Wildman–Crippen LogP) is 1.19. The summed E-state index contributed by atoms with van der Waals surface area (Å²) >= 11 is 1.13. The Morgan fingerprint density at radius 2 is 2.47 bits per heavy atom. The van der Waals surface area contributed by atoms with E-state index < -0.39 is 5.97 Å². The number of hydrogen-bond donors (Lipinski definition) is 2. The van der Waals surface area contributed by atoms with Crippen LogP contribution in [0, 0.1) is 6.92 Å². The second-order valence-corrected chi connectivity index (χ2v) is 4.06. The van der Waals surface area contributed by atoms with Crippen LogP contribution in [0.5, 0.6) is 0 Å². The smallest absolute Gasteiger partial charge is 0.340 e. The molecule has 0 saturated carbocycles. The molecule has 7 nitrogen and oxygen atoms in total. The highest BCUT2D eigenvalue weighted by molar-refractivity contribution is 7.10.